The zero-order chi connectivity index (χ0) is 18.6. The van der Waals surface area contributed by atoms with Crippen LogP contribution >= 0.6 is 15.9 Å². The number of carbonyl (C=O) groups is 1. The van der Waals surface area contributed by atoms with Gasteiger partial charge in [-0.25, -0.2) is 8.42 Å². The van der Waals surface area contributed by atoms with E-state index in [1.165, 1.54) is 12.1 Å². The summed E-state index contributed by atoms with van der Waals surface area (Å²) in [5, 5.41) is 0. The number of carbonyl (C=O) groups excluding carboxylic acids is 1. The molecule has 0 unspecified atom stereocenters. The van der Waals surface area contributed by atoms with Crippen molar-refractivity contribution in [2.45, 2.75) is 30.6 Å². The molecule has 5 nitrogen and oxygen atoms in total. The van der Waals surface area contributed by atoms with E-state index < -0.39 is 10.0 Å². The maximum absolute atomic E-state index is 12.9. The summed E-state index contributed by atoms with van der Waals surface area (Å²) < 4.78 is 28.7. The first-order valence-electron chi connectivity index (χ1n) is 8.64. The first kappa shape index (κ1) is 18.9. The summed E-state index contributed by atoms with van der Waals surface area (Å²) in [4.78, 5) is 14.9. The van der Waals surface area contributed by atoms with Crippen molar-refractivity contribution in [3.8, 4) is 0 Å². The molecule has 0 radical (unpaired) electrons. The van der Waals surface area contributed by atoms with E-state index in [0.29, 0.717) is 24.3 Å². The van der Waals surface area contributed by atoms with Crippen molar-refractivity contribution in [3.63, 3.8) is 0 Å². The Balaban J connectivity index is 1.87. The lowest BCUT2D eigenvalue weighted by Gasteiger charge is -2.22. The quantitative estimate of drug-likeness (QED) is 0.777. The van der Waals surface area contributed by atoms with Crippen LogP contribution in [0.15, 0.2) is 57.9 Å². The van der Waals surface area contributed by atoms with E-state index in [0.717, 1.165) is 30.2 Å². The molecule has 1 amide bonds. The number of hydrogen-bond acceptors (Lipinski definition) is 3. The van der Waals surface area contributed by atoms with E-state index in [1.54, 1.807) is 36.4 Å². The molecule has 0 spiro atoms. The first-order chi connectivity index (χ1) is 12.5. The second kappa shape index (κ2) is 8.22. The maximum atomic E-state index is 12.9. The Morgan fingerprint density at radius 3 is 2.19 bits per heavy atom. The minimum Gasteiger partial charge on any atom is -0.339 e. The average molecular weight is 437 g/mol. The predicted octanol–water partition coefficient (Wildman–Crippen LogP) is 4.27. The zero-order valence-electron chi connectivity index (χ0n) is 14.3. The summed E-state index contributed by atoms with van der Waals surface area (Å²) in [6.45, 7) is 1.43. The summed E-state index contributed by atoms with van der Waals surface area (Å²) in [6, 6.07) is 13.2. The second-order valence-corrected chi connectivity index (χ2v) is 8.91. The number of amides is 1. The van der Waals surface area contributed by atoms with Crippen molar-refractivity contribution in [2.24, 2.45) is 0 Å². The number of anilines is 1. The Bertz CT molecular complexity index is 874. The van der Waals surface area contributed by atoms with Crippen molar-refractivity contribution in [3.05, 3.63) is 58.6 Å². The topological polar surface area (TPSA) is 66.5 Å². The lowest BCUT2D eigenvalue weighted by Crippen LogP contribution is -2.32. The highest BCUT2D eigenvalue weighted by Crippen LogP contribution is 2.23. The molecule has 7 heteroatoms. The van der Waals surface area contributed by atoms with Crippen LogP contribution in [-0.4, -0.2) is 32.3 Å². The number of nitrogens with zero attached hydrogens (tertiary/aromatic N) is 1. The normalized spacial score (nSPS) is 15.3. The molecule has 1 aliphatic heterocycles. The van der Waals surface area contributed by atoms with Gasteiger partial charge in [-0.15, -0.1) is 0 Å². The Morgan fingerprint density at radius 1 is 0.923 bits per heavy atom. The number of sulfonamides is 1. The summed E-state index contributed by atoms with van der Waals surface area (Å²) in [7, 11) is -3.77. The smallest absolute Gasteiger partial charge is 0.261 e. The van der Waals surface area contributed by atoms with Crippen molar-refractivity contribution in [1.29, 1.82) is 0 Å². The van der Waals surface area contributed by atoms with Crippen LogP contribution in [-0.2, 0) is 10.0 Å². The minimum absolute atomic E-state index is 0.124. The van der Waals surface area contributed by atoms with Gasteiger partial charge in [0.15, 0.2) is 0 Å². The van der Waals surface area contributed by atoms with Gasteiger partial charge in [-0.1, -0.05) is 40.9 Å². The highest BCUT2D eigenvalue weighted by molar-refractivity contribution is 9.10. The molecular formula is C19H21BrN2O3S. The van der Waals surface area contributed by atoms with Crippen LogP contribution < -0.4 is 4.72 Å². The van der Waals surface area contributed by atoms with E-state index in [-0.39, 0.29) is 10.8 Å². The van der Waals surface area contributed by atoms with Gasteiger partial charge in [0.05, 0.1) is 16.1 Å². The van der Waals surface area contributed by atoms with Crippen LogP contribution in [0.3, 0.4) is 0 Å². The van der Waals surface area contributed by atoms with Crippen LogP contribution in [0.25, 0.3) is 0 Å². The molecule has 1 fully saturated rings. The standard InChI is InChI=1S/C19H21BrN2O3S/c20-15-9-11-16(12-10-15)26(24,25)21-18-8-4-3-7-17(18)19(23)22-13-5-1-2-6-14-22/h3-4,7-12,21H,1-2,5-6,13-14H2. The number of halogens is 1. The largest absolute Gasteiger partial charge is 0.339 e. The van der Waals surface area contributed by atoms with Gasteiger partial charge in [0.2, 0.25) is 0 Å². The second-order valence-electron chi connectivity index (χ2n) is 6.31. The van der Waals surface area contributed by atoms with E-state index in [9.17, 15) is 13.2 Å². The average Bonchev–Trinajstić information content (AvgIpc) is 2.91. The van der Waals surface area contributed by atoms with Crippen LogP contribution in [0.4, 0.5) is 5.69 Å². The molecule has 1 heterocycles. The third-order valence-electron chi connectivity index (χ3n) is 4.42. The van der Waals surface area contributed by atoms with Crippen LogP contribution in [0.2, 0.25) is 0 Å². The molecule has 0 aliphatic carbocycles. The molecule has 2 aromatic carbocycles. The van der Waals surface area contributed by atoms with Gasteiger partial charge >= 0.3 is 0 Å². The molecule has 0 bridgehead atoms. The number of para-hydroxylation sites is 1. The van der Waals surface area contributed by atoms with E-state index in [4.69, 9.17) is 0 Å². The third kappa shape index (κ3) is 4.45. The van der Waals surface area contributed by atoms with Crippen molar-refractivity contribution >= 4 is 37.5 Å². The lowest BCUT2D eigenvalue weighted by atomic mass is 10.1. The van der Waals surface area contributed by atoms with Gasteiger partial charge in [0.1, 0.15) is 0 Å². The van der Waals surface area contributed by atoms with Crippen LogP contribution in [0, 0.1) is 0 Å². The number of benzene rings is 2. The van der Waals surface area contributed by atoms with Gasteiger partial charge < -0.3 is 4.90 Å². The van der Waals surface area contributed by atoms with Gasteiger partial charge in [0.25, 0.3) is 15.9 Å². The van der Waals surface area contributed by atoms with Crippen LogP contribution in [0.5, 0.6) is 0 Å². The molecule has 0 saturated carbocycles. The fraction of sp³-hybridized carbons (Fsp3) is 0.316. The number of rotatable bonds is 4. The zero-order valence-corrected chi connectivity index (χ0v) is 16.7. The Kier molecular flexibility index (Phi) is 5.98. The number of hydrogen-bond donors (Lipinski definition) is 1. The van der Waals surface area contributed by atoms with Crippen LogP contribution in [0.1, 0.15) is 36.0 Å². The summed E-state index contributed by atoms with van der Waals surface area (Å²) in [6.07, 6.45) is 4.22. The molecule has 26 heavy (non-hydrogen) atoms. The molecule has 1 N–H and O–H groups in total. The molecule has 138 valence electrons. The maximum Gasteiger partial charge on any atom is 0.261 e. The fourth-order valence-electron chi connectivity index (χ4n) is 3.02. The molecule has 3 rings (SSSR count). The number of nitrogens with one attached hydrogen (secondary N) is 1. The Hall–Kier alpha value is -1.86. The van der Waals surface area contributed by atoms with E-state index >= 15 is 0 Å². The van der Waals surface area contributed by atoms with E-state index in [2.05, 4.69) is 20.7 Å². The minimum atomic E-state index is -3.77. The monoisotopic (exact) mass is 436 g/mol. The highest BCUT2D eigenvalue weighted by Gasteiger charge is 2.22. The molecule has 2 aromatic rings. The molecule has 1 saturated heterocycles. The van der Waals surface area contributed by atoms with Gasteiger partial charge in [0, 0.05) is 17.6 Å². The van der Waals surface area contributed by atoms with Gasteiger partial charge in [-0.3, -0.25) is 9.52 Å². The summed E-state index contributed by atoms with van der Waals surface area (Å²) >= 11 is 3.29. The lowest BCUT2D eigenvalue weighted by molar-refractivity contribution is 0.0762. The summed E-state index contributed by atoms with van der Waals surface area (Å²) in [5.74, 6) is -0.124. The summed E-state index contributed by atoms with van der Waals surface area (Å²) in [5.41, 5.74) is 0.694. The predicted molar refractivity (Wildman–Crippen MR) is 106 cm³/mol. The SMILES string of the molecule is O=C(c1ccccc1NS(=O)(=O)c1ccc(Br)cc1)N1CCCCCC1. The van der Waals surface area contributed by atoms with E-state index in [1.807, 2.05) is 4.90 Å². The van der Waals surface area contributed by atoms with Crippen molar-refractivity contribution in [2.75, 3.05) is 17.8 Å². The highest BCUT2D eigenvalue weighted by atomic mass is 79.9. The van der Waals surface area contributed by atoms with Crippen molar-refractivity contribution in [1.82, 2.24) is 4.90 Å². The van der Waals surface area contributed by atoms with Gasteiger partial charge in [-0.2, -0.15) is 0 Å². The van der Waals surface area contributed by atoms with Gasteiger partial charge in [-0.05, 0) is 49.2 Å². The first-order valence-corrected chi connectivity index (χ1v) is 10.9. The molecule has 0 aromatic heterocycles. The Morgan fingerprint density at radius 2 is 1.54 bits per heavy atom. The third-order valence-corrected chi connectivity index (χ3v) is 6.33. The number of likely N-dealkylation sites (tertiary alicyclic amines) is 1. The molecule has 0 atom stereocenters. The fourth-order valence-corrected chi connectivity index (χ4v) is 4.36. The molecular weight excluding hydrogens is 416 g/mol. The van der Waals surface area contributed by atoms with Crippen molar-refractivity contribution < 1.29 is 13.2 Å². The molecule has 1 aliphatic rings. The Labute approximate surface area is 162 Å².